The van der Waals surface area contributed by atoms with Crippen molar-refractivity contribution in [2.45, 2.75) is 32.2 Å². The van der Waals surface area contributed by atoms with E-state index in [0.29, 0.717) is 12.4 Å². The first-order chi connectivity index (χ1) is 8.74. The van der Waals surface area contributed by atoms with Crippen LogP contribution in [0.25, 0.3) is 0 Å². The zero-order valence-corrected chi connectivity index (χ0v) is 11.7. The van der Waals surface area contributed by atoms with Gasteiger partial charge in [-0.25, -0.2) is 4.68 Å². The van der Waals surface area contributed by atoms with E-state index in [2.05, 4.69) is 17.2 Å². The van der Waals surface area contributed by atoms with Crippen molar-refractivity contribution < 1.29 is 0 Å². The lowest BCUT2D eigenvalue weighted by Gasteiger charge is -2.07. The Morgan fingerprint density at radius 3 is 2.83 bits per heavy atom. The van der Waals surface area contributed by atoms with Gasteiger partial charge in [-0.2, -0.15) is 0 Å². The minimum atomic E-state index is 0.408. The monoisotopic (exact) mass is 283 g/mol. The van der Waals surface area contributed by atoms with Crippen LogP contribution in [0.3, 0.4) is 0 Å². The van der Waals surface area contributed by atoms with Gasteiger partial charge in [0.25, 0.3) is 0 Å². The molecule has 0 unspecified atom stereocenters. The van der Waals surface area contributed by atoms with Crippen molar-refractivity contribution in [1.29, 1.82) is 0 Å². The van der Waals surface area contributed by atoms with Crippen molar-refractivity contribution in [3.8, 4) is 0 Å². The number of halogens is 2. The van der Waals surface area contributed by atoms with Crippen LogP contribution in [0.15, 0.2) is 24.3 Å². The summed E-state index contributed by atoms with van der Waals surface area (Å²) < 4.78 is 1.91. The molecule has 5 heteroatoms. The summed E-state index contributed by atoms with van der Waals surface area (Å²) in [6.45, 7) is 2.81. The molecule has 0 saturated carbocycles. The fraction of sp³-hybridized carbons (Fsp3) is 0.385. The minimum absolute atomic E-state index is 0.408. The van der Waals surface area contributed by atoms with E-state index in [1.807, 2.05) is 28.9 Å². The minimum Gasteiger partial charge on any atom is -0.245 e. The van der Waals surface area contributed by atoms with Gasteiger partial charge in [0.05, 0.1) is 18.1 Å². The molecule has 0 saturated heterocycles. The van der Waals surface area contributed by atoms with Crippen LogP contribution in [0, 0.1) is 0 Å². The lowest BCUT2D eigenvalue weighted by Crippen LogP contribution is -2.07. The van der Waals surface area contributed by atoms with Crippen molar-refractivity contribution in [3.05, 3.63) is 46.2 Å². The SMILES string of the molecule is CCCc1c(CCl)nnn1Cc1cccc(Cl)c1. The molecular weight excluding hydrogens is 269 g/mol. The van der Waals surface area contributed by atoms with Gasteiger partial charge in [0.1, 0.15) is 5.69 Å². The second-order valence-electron chi connectivity index (χ2n) is 4.15. The molecule has 96 valence electrons. The third-order valence-electron chi connectivity index (χ3n) is 2.75. The van der Waals surface area contributed by atoms with E-state index in [1.165, 1.54) is 0 Å². The highest BCUT2D eigenvalue weighted by Crippen LogP contribution is 2.15. The third kappa shape index (κ3) is 3.03. The Labute approximate surface area is 117 Å². The van der Waals surface area contributed by atoms with Gasteiger partial charge in [0.2, 0.25) is 0 Å². The highest BCUT2D eigenvalue weighted by Gasteiger charge is 2.11. The molecule has 0 aliphatic rings. The van der Waals surface area contributed by atoms with E-state index in [0.717, 1.165) is 34.8 Å². The van der Waals surface area contributed by atoms with E-state index in [-0.39, 0.29) is 0 Å². The quantitative estimate of drug-likeness (QED) is 0.784. The summed E-state index contributed by atoms with van der Waals surface area (Å²) in [5, 5.41) is 9.03. The first-order valence-corrected chi connectivity index (χ1v) is 6.87. The van der Waals surface area contributed by atoms with Crippen LogP contribution in [0.4, 0.5) is 0 Å². The molecule has 0 amide bonds. The summed E-state index contributed by atoms with van der Waals surface area (Å²) >= 11 is 11.9. The molecule has 0 radical (unpaired) electrons. The Balaban J connectivity index is 2.25. The molecule has 3 nitrogen and oxygen atoms in total. The van der Waals surface area contributed by atoms with Gasteiger partial charge in [-0.3, -0.25) is 0 Å². The molecule has 18 heavy (non-hydrogen) atoms. The van der Waals surface area contributed by atoms with Crippen LogP contribution >= 0.6 is 23.2 Å². The van der Waals surface area contributed by atoms with E-state index in [4.69, 9.17) is 23.2 Å². The van der Waals surface area contributed by atoms with Gasteiger partial charge >= 0.3 is 0 Å². The Kier molecular flexibility index (Phi) is 4.61. The lowest BCUT2D eigenvalue weighted by molar-refractivity contribution is 0.613. The van der Waals surface area contributed by atoms with Crippen molar-refractivity contribution >= 4 is 23.2 Å². The Morgan fingerprint density at radius 2 is 2.17 bits per heavy atom. The fourth-order valence-electron chi connectivity index (χ4n) is 1.92. The molecule has 0 bridgehead atoms. The molecule has 0 fully saturated rings. The van der Waals surface area contributed by atoms with E-state index in [1.54, 1.807) is 0 Å². The molecule has 0 N–H and O–H groups in total. The number of hydrogen-bond acceptors (Lipinski definition) is 2. The zero-order chi connectivity index (χ0) is 13.0. The summed E-state index contributed by atoms with van der Waals surface area (Å²) in [7, 11) is 0. The molecule has 1 heterocycles. The largest absolute Gasteiger partial charge is 0.245 e. The van der Waals surface area contributed by atoms with Gasteiger partial charge in [0.15, 0.2) is 0 Å². The van der Waals surface area contributed by atoms with E-state index < -0.39 is 0 Å². The third-order valence-corrected chi connectivity index (χ3v) is 3.24. The summed E-state index contributed by atoms with van der Waals surface area (Å²) in [6, 6.07) is 7.78. The Morgan fingerprint density at radius 1 is 1.33 bits per heavy atom. The molecular formula is C13H15Cl2N3. The predicted molar refractivity (Wildman–Crippen MR) is 74.1 cm³/mol. The highest BCUT2D eigenvalue weighted by atomic mass is 35.5. The zero-order valence-electron chi connectivity index (χ0n) is 10.2. The maximum atomic E-state index is 5.98. The van der Waals surface area contributed by atoms with Crippen LogP contribution in [-0.2, 0) is 18.8 Å². The maximum absolute atomic E-state index is 5.98. The van der Waals surface area contributed by atoms with Crippen molar-refractivity contribution in [3.63, 3.8) is 0 Å². The second-order valence-corrected chi connectivity index (χ2v) is 4.86. The first kappa shape index (κ1) is 13.4. The molecule has 0 aliphatic carbocycles. The molecule has 2 aromatic rings. The first-order valence-electron chi connectivity index (χ1n) is 5.96. The smallest absolute Gasteiger partial charge is 0.101 e. The molecule has 0 atom stereocenters. The second kappa shape index (κ2) is 6.21. The summed E-state index contributed by atoms with van der Waals surface area (Å²) in [5.74, 6) is 0.408. The molecule has 1 aromatic carbocycles. The van der Waals surface area contributed by atoms with E-state index >= 15 is 0 Å². The normalized spacial score (nSPS) is 10.8. The number of benzene rings is 1. The highest BCUT2D eigenvalue weighted by molar-refractivity contribution is 6.30. The van der Waals surface area contributed by atoms with Crippen LogP contribution in [0.1, 0.15) is 30.3 Å². The summed E-state index contributed by atoms with van der Waals surface area (Å²) in [6.07, 6.45) is 1.99. The van der Waals surface area contributed by atoms with Crippen LogP contribution in [0.5, 0.6) is 0 Å². The average molecular weight is 284 g/mol. The fourth-order valence-corrected chi connectivity index (χ4v) is 2.34. The summed E-state index contributed by atoms with van der Waals surface area (Å²) in [5.41, 5.74) is 3.11. The molecule has 2 rings (SSSR count). The van der Waals surface area contributed by atoms with Crippen LogP contribution in [0.2, 0.25) is 5.02 Å². The molecule has 0 aliphatic heterocycles. The van der Waals surface area contributed by atoms with Gasteiger partial charge in [-0.05, 0) is 24.1 Å². The van der Waals surface area contributed by atoms with Gasteiger partial charge in [-0.1, -0.05) is 42.3 Å². The Hall–Kier alpha value is -1.06. The van der Waals surface area contributed by atoms with Crippen molar-refractivity contribution in [2.75, 3.05) is 0 Å². The average Bonchev–Trinajstić information content (AvgIpc) is 2.72. The lowest BCUT2D eigenvalue weighted by atomic mass is 10.2. The van der Waals surface area contributed by atoms with Crippen LogP contribution < -0.4 is 0 Å². The number of rotatable bonds is 5. The van der Waals surface area contributed by atoms with Gasteiger partial charge in [0, 0.05) is 5.02 Å². The van der Waals surface area contributed by atoms with Crippen molar-refractivity contribution in [1.82, 2.24) is 15.0 Å². The number of aromatic nitrogens is 3. The number of hydrogen-bond donors (Lipinski definition) is 0. The maximum Gasteiger partial charge on any atom is 0.101 e. The van der Waals surface area contributed by atoms with E-state index in [9.17, 15) is 0 Å². The van der Waals surface area contributed by atoms with Crippen molar-refractivity contribution in [2.24, 2.45) is 0 Å². The molecule has 1 aromatic heterocycles. The van der Waals surface area contributed by atoms with Gasteiger partial charge < -0.3 is 0 Å². The number of nitrogens with zero attached hydrogens (tertiary/aromatic N) is 3. The summed E-state index contributed by atoms with van der Waals surface area (Å²) in [4.78, 5) is 0. The Bertz CT molecular complexity index is 523. The molecule has 0 spiro atoms. The van der Waals surface area contributed by atoms with Crippen LogP contribution in [-0.4, -0.2) is 15.0 Å². The topological polar surface area (TPSA) is 30.7 Å². The van der Waals surface area contributed by atoms with Gasteiger partial charge in [-0.15, -0.1) is 16.7 Å². The predicted octanol–water partition coefficient (Wildman–Crippen LogP) is 3.67. The standard InChI is InChI=1S/C13H15Cl2N3/c1-2-4-13-12(8-14)16-17-18(13)9-10-5-3-6-11(15)7-10/h3,5-7H,2,4,8-9H2,1H3. The number of alkyl halides is 1.